The molecule has 2 aromatic heterocycles. The van der Waals surface area contributed by atoms with E-state index in [2.05, 4.69) is 176 Å². The molecule has 0 bridgehead atoms. The number of benzene rings is 9. The molecule has 0 aliphatic heterocycles. The lowest BCUT2D eigenvalue weighted by Gasteiger charge is -2.17. The quantitative estimate of drug-likeness (QED) is 0.167. The predicted octanol–water partition coefficient (Wildman–Crippen LogP) is 15.2. The summed E-state index contributed by atoms with van der Waals surface area (Å²) in [5.74, 6) is 1.82. The molecule has 0 atom stereocenters. The van der Waals surface area contributed by atoms with Crippen LogP contribution in [0.25, 0.3) is 108 Å². The first-order valence-corrected chi connectivity index (χ1v) is 19.0. The number of furan rings is 1. The molecule has 0 radical (unpaired) electrons. The van der Waals surface area contributed by atoms with Crippen LogP contribution in [0.15, 0.2) is 180 Å². The maximum atomic E-state index is 6.27. The van der Waals surface area contributed by atoms with Gasteiger partial charge in [0, 0.05) is 31.3 Å². The van der Waals surface area contributed by atoms with Gasteiger partial charge in [0.15, 0.2) is 0 Å². The van der Waals surface area contributed by atoms with Gasteiger partial charge in [-0.1, -0.05) is 152 Å². The normalized spacial score (nSPS) is 11.9. The van der Waals surface area contributed by atoms with E-state index in [4.69, 9.17) is 4.42 Å². The van der Waals surface area contributed by atoms with Crippen molar-refractivity contribution in [3.05, 3.63) is 182 Å². The molecule has 11 aromatic rings. The number of fused-ring (bicyclic) bond motifs is 7. The van der Waals surface area contributed by atoms with Crippen molar-refractivity contribution >= 4 is 74.6 Å². The van der Waals surface area contributed by atoms with Crippen LogP contribution >= 0.6 is 11.3 Å². The predicted molar refractivity (Wildman–Crippen MR) is 228 cm³/mol. The highest BCUT2D eigenvalue weighted by Gasteiger charge is 2.22. The Hall–Kier alpha value is -6.48. The van der Waals surface area contributed by atoms with Crippen LogP contribution in [-0.2, 0) is 0 Å². The lowest BCUT2D eigenvalue weighted by molar-refractivity contribution is 0.549. The number of hydrogen-bond acceptors (Lipinski definition) is 2. The summed E-state index contributed by atoms with van der Waals surface area (Å²) in [4.78, 5) is 0. The molecule has 2 heteroatoms. The first kappa shape index (κ1) is 30.2. The number of thiophene rings is 1. The second kappa shape index (κ2) is 11.8. The average Bonchev–Trinajstić information content (AvgIpc) is 3.82. The van der Waals surface area contributed by atoms with Crippen molar-refractivity contribution in [3.8, 4) is 44.7 Å². The molecule has 0 unspecified atom stereocenters. The fourth-order valence-corrected chi connectivity index (χ4v) is 9.96. The average molecular weight is 693 g/mol. The zero-order valence-electron chi connectivity index (χ0n) is 29.1. The van der Waals surface area contributed by atoms with Crippen LogP contribution in [0.3, 0.4) is 0 Å². The number of aryl methyl sites for hydroxylation is 1. The third-order valence-corrected chi connectivity index (χ3v) is 12.2. The van der Waals surface area contributed by atoms with Crippen LogP contribution in [0.2, 0.25) is 0 Å². The molecule has 0 spiro atoms. The molecule has 248 valence electrons. The largest absolute Gasteiger partial charge is 0.461 e. The maximum absolute atomic E-state index is 6.27. The molecule has 0 aliphatic rings. The molecule has 11 rings (SSSR count). The van der Waals surface area contributed by atoms with Gasteiger partial charge in [-0.05, 0) is 102 Å². The van der Waals surface area contributed by atoms with E-state index in [1.54, 1.807) is 0 Å². The molecule has 0 N–H and O–H groups in total. The molecule has 53 heavy (non-hydrogen) atoms. The molecule has 0 aliphatic carbocycles. The fraction of sp³-hybridized carbons (Fsp3) is 0.0196. The summed E-state index contributed by atoms with van der Waals surface area (Å²) in [5, 5.41) is 12.5. The van der Waals surface area contributed by atoms with Gasteiger partial charge >= 0.3 is 0 Å². The monoisotopic (exact) mass is 692 g/mol. The van der Waals surface area contributed by atoms with Crippen molar-refractivity contribution in [2.24, 2.45) is 0 Å². The van der Waals surface area contributed by atoms with E-state index in [1.165, 1.54) is 96.6 Å². The minimum atomic E-state index is 0.908. The summed E-state index contributed by atoms with van der Waals surface area (Å²) in [7, 11) is 0. The lowest BCUT2D eigenvalue weighted by atomic mass is 9.85. The van der Waals surface area contributed by atoms with Crippen LogP contribution in [0.1, 0.15) is 5.76 Å². The molecule has 0 fully saturated rings. The van der Waals surface area contributed by atoms with E-state index in [0.717, 1.165) is 17.1 Å². The van der Waals surface area contributed by atoms with Crippen LogP contribution in [-0.4, -0.2) is 0 Å². The van der Waals surface area contributed by atoms with E-state index in [1.807, 2.05) is 18.3 Å². The SMILES string of the molecule is Cc1ccc(-c2c3ccccc3c(-c3cccc4c3sc3ccc(-c5c6ccccc6c(-c6ccccc6)c6ccccc56)cc34)c3ccccc23)o1. The Balaban J connectivity index is 1.18. The zero-order valence-corrected chi connectivity index (χ0v) is 29.9. The van der Waals surface area contributed by atoms with Gasteiger partial charge in [0.2, 0.25) is 0 Å². The van der Waals surface area contributed by atoms with E-state index in [9.17, 15) is 0 Å². The molecule has 9 aromatic carbocycles. The van der Waals surface area contributed by atoms with E-state index in [-0.39, 0.29) is 0 Å². The van der Waals surface area contributed by atoms with Crippen LogP contribution in [0.5, 0.6) is 0 Å². The zero-order chi connectivity index (χ0) is 35.0. The summed E-state index contributed by atoms with van der Waals surface area (Å²) in [5.41, 5.74) is 8.75. The summed E-state index contributed by atoms with van der Waals surface area (Å²) >= 11 is 1.90. The third-order valence-electron chi connectivity index (χ3n) is 11.0. The van der Waals surface area contributed by atoms with Gasteiger partial charge in [-0.3, -0.25) is 0 Å². The van der Waals surface area contributed by atoms with Crippen molar-refractivity contribution in [1.82, 2.24) is 0 Å². The van der Waals surface area contributed by atoms with Crippen LogP contribution in [0, 0.1) is 6.92 Å². The summed E-state index contributed by atoms with van der Waals surface area (Å²) in [6, 6.07) is 64.4. The molecular weight excluding hydrogens is 661 g/mol. The highest BCUT2D eigenvalue weighted by molar-refractivity contribution is 7.26. The van der Waals surface area contributed by atoms with Gasteiger partial charge < -0.3 is 4.42 Å². The summed E-state index contributed by atoms with van der Waals surface area (Å²) < 4.78 is 8.88. The Kier molecular flexibility index (Phi) is 6.71. The van der Waals surface area contributed by atoms with Gasteiger partial charge in [-0.2, -0.15) is 0 Å². The Labute approximate surface area is 311 Å². The maximum Gasteiger partial charge on any atom is 0.135 e. The molecule has 1 nitrogen and oxygen atoms in total. The van der Waals surface area contributed by atoms with Crippen molar-refractivity contribution in [2.45, 2.75) is 6.92 Å². The Morgan fingerprint density at radius 1 is 0.358 bits per heavy atom. The first-order valence-electron chi connectivity index (χ1n) is 18.2. The number of rotatable bonds is 4. The minimum Gasteiger partial charge on any atom is -0.461 e. The second-order valence-corrected chi connectivity index (χ2v) is 15.0. The van der Waals surface area contributed by atoms with Crippen LogP contribution in [0.4, 0.5) is 0 Å². The Bertz CT molecular complexity index is 3120. The smallest absolute Gasteiger partial charge is 0.135 e. The molecule has 0 saturated carbocycles. The van der Waals surface area contributed by atoms with E-state index < -0.39 is 0 Å². The topological polar surface area (TPSA) is 13.1 Å². The van der Waals surface area contributed by atoms with Crippen molar-refractivity contribution in [2.75, 3.05) is 0 Å². The third kappa shape index (κ3) is 4.56. The first-order chi connectivity index (χ1) is 26.2. The van der Waals surface area contributed by atoms with Crippen LogP contribution < -0.4 is 0 Å². The van der Waals surface area contributed by atoms with E-state index >= 15 is 0 Å². The van der Waals surface area contributed by atoms with Gasteiger partial charge in [0.05, 0.1) is 0 Å². The van der Waals surface area contributed by atoms with Gasteiger partial charge in [0.1, 0.15) is 11.5 Å². The second-order valence-electron chi connectivity index (χ2n) is 14.0. The summed E-state index contributed by atoms with van der Waals surface area (Å²) in [6.07, 6.45) is 0. The standard InChI is InChI=1S/C51H32OS/c1-31-26-28-45(52-31)50-40-22-11-9-20-38(40)49(39-21-10-12-23-41(39)50)43-25-13-24-42-44-30-33(27-29-46(44)53-51(42)43)48-36-18-7-5-16-34(36)47(32-14-3-2-4-15-32)35-17-6-8-19-37(35)48/h2-30H,1H3. The highest BCUT2D eigenvalue weighted by atomic mass is 32.1. The molecule has 0 saturated heterocycles. The van der Waals surface area contributed by atoms with Crippen molar-refractivity contribution in [1.29, 1.82) is 0 Å². The fourth-order valence-electron chi connectivity index (χ4n) is 8.76. The minimum absolute atomic E-state index is 0.908. The van der Waals surface area contributed by atoms with Gasteiger partial charge in [-0.25, -0.2) is 0 Å². The summed E-state index contributed by atoms with van der Waals surface area (Å²) in [6.45, 7) is 2.01. The van der Waals surface area contributed by atoms with Gasteiger partial charge in [-0.15, -0.1) is 11.3 Å². The highest BCUT2D eigenvalue weighted by Crippen LogP contribution is 2.49. The van der Waals surface area contributed by atoms with Crippen molar-refractivity contribution < 1.29 is 4.42 Å². The number of hydrogen-bond donors (Lipinski definition) is 0. The van der Waals surface area contributed by atoms with Gasteiger partial charge in [0.25, 0.3) is 0 Å². The lowest BCUT2D eigenvalue weighted by Crippen LogP contribution is -1.90. The Morgan fingerprint density at radius 2 is 0.849 bits per heavy atom. The Morgan fingerprint density at radius 3 is 1.40 bits per heavy atom. The van der Waals surface area contributed by atoms with E-state index in [0.29, 0.717) is 0 Å². The van der Waals surface area contributed by atoms with Crippen molar-refractivity contribution in [3.63, 3.8) is 0 Å². The molecule has 2 heterocycles. The molecule has 0 amide bonds. The molecular formula is C51H32OS.